The van der Waals surface area contributed by atoms with E-state index in [0.717, 1.165) is 16.8 Å². The second kappa shape index (κ2) is 8.21. The highest BCUT2D eigenvalue weighted by molar-refractivity contribution is 6.27. The molecule has 0 atom stereocenters. The van der Waals surface area contributed by atoms with Crippen LogP contribution in [-0.4, -0.2) is 12.0 Å². The standard InChI is InChI=1S/C22H19FN2O/c1-17(16-26)24-25(15-20-9-5-6-10-22(20)23)21-13-11-19(12-14-21)18-7-3-2-4-8-18/h2-14,16H,15H2,1H3/b24-17+. The number of carbonyl (C=O) groups excluding carboxylic acids is 1. The molecular formula is C22H19FN2O. The van der Waals surface area contributed by atoms with E-state index in [4.69, 9.17) is 0 Å². The smallest absolute Gasteiger partial charge is 0.165 e. The lowest BCUT2D eigenvalue weighted by molar-refractivity contribution is -0.102. The van der Waals surface area contributed by atoms with Crippen LogP contribution in [0, 0.1) is 5.82 Å². The summed E-state index contributed by atoms with van der Waals surface area (Å²) in [5.41, 5.74) is 3.83. The van der Waals surface area contributed by atoms with Gasteiger partial charge in [-0.05, 0) is 36.2 Å². The Hall–Kier alpha value is -3.27. The minimum Gasteiger partial charge on any atom is -0.296 e. The maximum atomic E-state index is 14.0. The Morgan fingerprint density at radius 1 is 0.923 bits per heavy atom. The van der Waals surface area contributed by atoms with E-state index in [-0.39, 0.29) is 12.4 Å². The minimum absolute atomic E-state index is 0.239. The van der Waals surface area contributed by atoms with Crippen LogP contribution in [0.4, 0.5) is 10.1 Å². The predicted molar refractivity (Wildman–Crippen MR) is 104 cm³/mol. The molecule has 3 aromatic carbocycles. The third-order valence-corrected chi connectivity index (χ3v) is 4.00. The lowest BCUT2D eigenvalue weighted by atomic mass is 10.1. The summed E-state index contributed by atoms with van der Waals surface area (Å²) in [6.07, 6.45) is 0.687. The number of hydrogen-bond acceptors (Lipinski definition) is 3. The van der Waals surface area contributed by atoms with Gasteiger partial charge in [-0.3, -0.25) is 9.80 Å². The van der Waals surface area contributed by atoms with E-state index in [1.165, 1.54) is 6.07 Å². The van der Waals surface area contributed by atoms with Gasteiger partial charge in [-0.15, -0.1) is 0 Å². The van der Waals surface area contributed by atoms with Gasteiger partial charge >= 0.3 is 0 Å². The number of carbonyl (C=O) groups is 1. The highest BCUT2D eigenvalue weighted by Crippen LogP contribution is 2.25. The summed E-state index contributed by atoms with van der Waals surface area (Å²) in [4.78, 5) is 11.0. The summed E-state index contributed by atoms with van der Waals surface area (Å²) in [7, 11) is 0. The Kier molecular flexibility index (Phi) is 5.54. The molecule has 0 aromatic heterocycles. The van der Waals surface area contributed by atoms with E-state index in [2.05, 4.69) is 5.10 Å². The number of benzene rings is 3. The average molecular weight is 346 g/mol. The van der Waals surface area contributed by atoms with Crippen LogP contribution in [0.3, 0.4) is 0 Å². The first-order valence-electron chi connectivity index (χ1n) is 8.34. The number of hydrazone groups is 1. The summed E-state index contributed by atoms with van der Waals surface area (Å²) in [5.74, 6) is -0.294. The van der Waals surface area contributed by atoms with Crippen molar-refractivity contribution in [3.63, 3.8) is 0 Å². The zero-order chi connectivity index (χ0) is 18.4. The van der Waals surface area contributed by atoms with Crippen molar-refractivity contribution in [3.8, 4) is 11.1 Å². The van der Waals surface area contributed by atoms with Crippen molar-refractivity contribution >= 4 is 17.7 Å². The molecule has 26 heavy (non-hydrogen) atoms. The Morgan fingerprint density at radius 3 is 2.19 bits per heavy atom. The fourth-order valence-corrected chi connectivity index (χ4v) is 2.64. The van der Waals surface area contributed by atoms with Gasteiger partial charge in [-0.2, -0.15) is 5.10 Å². The van der Waals surface area contributed by atoms with Gasteiger partial charge in [0, 0.05) is 5.56 Å². The van der Waals surface area contributed by atoms with Gasteiger partial charge in [0.2, 0.25) is 0 Å². The second-order valence-electron chi connectivity index (χ2n) is 5.92. The molecule has 0 saturated heterocycles. The van der Waals surface area contributed by atoms with Crippen molar-refractivity contribution in [3.05, 3.63) is 90.2 Å². The highest BCUT2D eigenvalue weighted by atomic mass is 19.1. The number of aldehydes is 1. The number of anilines is 1. The van der Waals surface area contributed by atoms with E-state index >= 15 is 0 Å². The van der Waals surface area contributed by atoms with Crippen molar-refractivity contribution in [2.24, 2.45) is 5.10 Å². The normalized spacial score (nSPS) is 11.2. The van der Waals surface area contributed by atoms with Crippen molar-refractivity contribution < 1.29 is 9.18 Å². The van der Waals surface area contributed by atoms with Gasteiger partial charge in [0.25, 0.3) is 0 Å². The van der Waals surface area contributed by atoms with Crippen LogP contribution >= 0.6 is 0 Å². The second-order valence-corrected chi connectivity index (χ2v) is 5.92. The predicted octanol–water partition coefficient (Wildman–Crippen LogP) is 5.07. The first-order chi connectivity index (χ1) is 12.7. The first kappa shape index (κ1) is 17.5. The Morgan fingerprint density at radius 2 is 1.54 bits per heavy atom. The maximum Gasteiger partial charge on any atom is 0.165 e. The summed E-state index contributed by atoms with van der Waals surface area (Å²) >= 11 is 0. The molecule has 0 heterocycles. The molecule has 0 N–H and O–H groups in total. The molecule has 0 unspecified atom stereocenters. The Labute approximate surface area is 152 Å². The number of halogens is 1. The number of nitrogens with zero attached hydrogens (tertiary/aromatic N) is 2. The summed E-state index contributed by atoms with van der Waals surface area (Å²) in [6, 6.07) is 24.4. The lowest BCUT2D eigenvalue weighted by Gasteiger charge is -2.20. The molecular weight excluding hydrogens is 327 g/mol. The molecule has 0 amide bonds. The van der Waals surface area contributed by atoms with Crippen molar-refractivity contribution in [1.29, 1.82) is 0 Å². The molecule has 0 radical (unpaired) electrons. The summed E-state index contributed by atoms with van der Waals surface area (Å²) in [6.45, 7) is 1.86. The third kappa shape index (κ3) is 4.22. The van der Waals surface area contributed by atoms with E-state index in [1.807, 2.05) is 54.6 Å². The van der Waals surface area contributed by atoms with E-state index < -0.39 is 0 Å². The van der Waals surface area contributed by atoms with Gasteiger partial charge in [0.1, 0.15) is 5.82 Å². The van der Waals surface area contributed by atoms with Gasteiger partial charge in [-0.1, -0.05) is 60.7 Å². The van der Waals surface area contributed by atoms with Crippen LogP contribution in [0.25, 0.3) is 11.1 Å². The highest BCUT2D eigenvalue weighted by Gasteiger charge is 2.10. The zero-order valence-corrected chi connectivity index (χ0v) is 14.5. The van der Waals surface area contributed by atoms with Crippen molar-refractivity contribution in [1.82, 2.24) is 0 Å². The Bertz CT molecular complexity index is 905. The summed E-state index contributed by atoms with van der Waals surface area (Å²) < 4.78 is 14.0. The molecule has 130 valence electrons. The van der Waals surface area contributed by atoms with E-state index in [9.17, 15) is 9.18 Å². The molecule has 0 aliphatic heterocycles. The van der Waals surface area contributed by atoms with Crippen molar-refractivity contribution in [2.75, 3.05) is 5.01 Å². The molecule has 0 aliphatic rings. The molecule has 0 saturated carbocycles. The van der Waals surface area contributed by atoms with Crippen LogP contribution in [0.5, 0.6) is 0 Å². The SMILES string of the molecule is C/C(C=O)=N\N(Cc1ccccc1F)c1ccc(-c2ccccc2)cc1. The van der Waals surface area contributed by atoms with Gasteiger partial charge in [-0.25, -0.2) is 4.39 Å². The molecule has 0 aliphatic carbocycles. The van der Waals surface area contributed by atoms with Crippen LogP contribution < -0.4 is 5.01 Å². The first-order valence-corrected chi connectivity index (χ1v) is 8.34. The van der Waals surface area contributed by atoms with E-state index in [1.54, 1.807) is 30.1 Å². The lowest BCUT2D eigenvalue weighted by Crippen LogP contribution is -2.19. The van der Waals surface area contributed by atoms with Crippen LogP contribution in [0.2, 0.25) is 0 Å². The monoisotopic (exact) mass is 346 g/mol. The average Bonchev–Trinajstić information content (AvgIpc) is 2.70. The molecule has 3 rings (SSSR count). The van der Waals surface area contributed by atoms with Crippen LogP contribution in [-0.2, 0) is 11.3 Å². The topological polar surface area (TPSA) is 32.7 Å². The van der Waals surface area contributed by atoms with Gasteiger partial charge < -0.3 is 0 Å². The van der Waals surface area contributed by atoms with E-state index in [0.29, 0.717) is 17.6 Å². The number of rotatable bonds is 6. The quantitative estimate of drug-likeness (QED) is 0.354. The molecule has 0 bridgehead atoms. The minimum atomic E-state index is -0.294. The van der Waals surface area contributed by atoms with Crippen LogP contribution in [0.15, 0.2) is 84.0 Å². The van der Waals surface area contributed by atoms with Gasteiger partial charge in [0.05, 0.1) is 17.9 Å². The fraction of sp³-hybridized carbons (Fsp3) is 0.0909. The Balaban J connectivity index is 1.92. The largest absolute Gasteiger partial charge is 0.296 e. The molecule has 0 fully saturated rings. The zero-order valence-electron chi connectivity index (χ0n) is 14.5. The third-order valence-electron chi connectivity index (χ3n) is 4.00. The maximum absolute atomic E-state index is 14.0. The van der Waals surface area contributed by atoms with Gasteiger partial charge in [0.15, 0.2) is 6.29 Å². The molecule has 3 aromatic rings. The fourth-order valence-electron chi connectivity index (χ4n) is 2.64. The van der Waals surface area contributed by atoms with Crippen molar-refractivity contribution in [2.45, 2.75) is 13.5 Å². The summed E-state index contributed by atoms with van der Waals surface area (Å²) in [5, 5.41) is 5.96. The molecule has 3 nitrogen and oxygen atoms in total. The number of hydrogen-bond donors (Lipinski definition) is 0. The molecule has 4 heteroatoms. The van der Waals surface area contributed by atoms with Crippen LogP contribution in [0.1, 0.15) is 12.5 Å². The molecule has 0 spiro atoms.